The zero-order chi connectivity index (χ0) is 16.1. The molecule has 3 rings (SSSR count). The smallest absolute Gasteiger partial charge is 0.243 e. The summed E-state index contributed by atoms with van der Waals surface area (Å²) in [4.78, 5) is 33.4. The van der Waals surface area contributed by atoms with E-state index >= 15 is 0 Å². The molecule has 0 unspecified atom stereocenters. The molecular formula is C17H22N3O2Y-. The Labute approximate surface area is 162 Å². The van der Waals surface area contributed by atoms with Crippen molar-refractivity contribution in [2.75, 3.05) is 18.0 Å². The van der Waals surface area contributed by atoms with Gasteiger partial charge in [0.25, 0.3) is 0 Å². The summed E-state index contributed by atoms with van der Waals surface area (Å²) in [5.41, 5.74) is -0.151. The van der Waals surface area contributed by atoms with Gasteiger partial charge >= 0.3 is 0 Å². The molecule has 1 aromatic heterocycles. The Morgan fingerprint density at radius 2 is 1.96 bits per heavy atom. The van der Waals surface area contributed by atoms with Crippen LogP contribution in [0, 0.1) is 18.4 Å². The third-order valence-electron chi connectivity index (χ3n) is 4.41. The zero-order valence-electron chi connectivity index (χ0n) is 14.2. The molecule has 1 aliphatic heterocycles. The largest absolute Gasteiger partial charge is 0.367 e. The monoisotopic (exact) mass is 389 g/mol. The number of piperazine rings is 1. The van der Waals surface area contributed by atoms with Gasteiger partial charge in [-0.15, -0.1) is 11.6 Å². The Morgan fingerprint density at radius 3 is 2.43 bits per heavy atom. The summed E-state index contributed by atoms with van der Waals surface area (Å²) >= 11 is 0. The first-order chi connectivity index (χ1) is 10.3. The molecule has 2 aliphatic rings. The fourth-order valence-corrected chi connectivity index (χ4v) is 2.97. The molecule has 5 nitrogen and oxygen atoms in total. The van der Waals surface area contributed by atoms with Crippen LogP contribution in [0.4, 0.5) is 5.82 Å². The molecule has 2 fully saturated rings. The second-order valence-corrected chi connectivity index (χ2v) is 7.28. The fourth-order valence-electron chi connectivity index (χ4n) is 2.97. The van der Waals surface area contributed by atoms with Crippen molar-refractivity contribution in [3.63, 3.8) is 0 Å². The van der Waals surface area contributed by atoms with Crippen molar-refractivity contribution < 1.29 is 42.3 Å². The molecule has 1 aromatic rings. The van der Waals surface area contributed by atoms with Gasteiger partial charge in [0.2, 0.25) is 11.8 Å². The molecule has 1 saturated carbocycles. The summed E-state index contributed by atoms with van der Waals surface area (Å²) in [6, 6.07) is 4.84. The van der Waals surface area contributed by atoms with Gasteiger partial charge in [-0.1, -0.05) is 33.9 Å². The predicted octanol–water partition coefficient (Wildman–Crippen LogP) is 1.94. The van der Waals surface area contributed by atoms with Crippen LogP contribution in [0.3, 0.4) is 0 Å². The normalized spacial score (nSPS) is 19.6. The van der Waals surface area contributed by atoms with Crippen LogP contribution >= 0.6 is 0 Å². The third-order valence-corrected chi connectivity index (χ3v) is 4.41. The van der Waals surface area contributed by atoms with Gasteiger partial charge in [-0.05, 0) is 12.8 Å². The van der Waals surface area contributed by atoms with Crippen molar-refractivity contribution in [3.05, 3.63) is 23.9 Å². The zero-order valence-corrected chi connectivity index (χ0v) is 17.1. The predicted molar refractivity (Wildman–Crippen MR) is 83.3 cm³/mol. The van der Waals surface area contributed by atoms with Crippen molar-refractivity contribution in [3.8, 4) is 0 Å². The van der Waals surface area contributed by atoms with Gasteiger partial charge in [-0.2, -0.15) is 6.07 Å². The third kappa shape index (κ3) is 3.23. The molecule has 1 radical (unpaired) electrons. The van der Waals surface area contributed by atoms with Crippen LogP contribution in [0.1, 0.15) is 39.2 Å². The standard InChI is InChI=1S/C17H22N3O2.Y/c1-12-5-6-13(18-11-12)19-9-10-20(14(21)16(2,3)4)17(7-8-17)15(19)22;/h6,11H,7-10H2,1-4H3;/q-1;. The molecule has 0 atom stereocenters. The van der Waals surface area contributed by atoms with E-state index in [0.717, 1.165) is 18.4 Å². The number of rotatable bonds is 1. The van der Waals surface area contributed by atoms with E-state index in [2.05, 4.69) is 11.1 Å². The molecule has 2 heterocycles. The Kier molecular flexibility index (Phi) is 5.03. The van der Waals surface area contributed by atoms with Gasteiger partial charge in [0.1, 0.15) is 5.54 Å². The molecule has 1 saturated heterocycles. The van der Waals surface area contributed by atoms with Gasteiger partial charge in [-0.3, -0.25) is 9.59 Å². The first-order valence-corrected chi connectivity index (χ1v) is 7.74. The average Bonchev–Trinajstić information content (AvgIpc) is 3.23. The van der Waals surface area contributed by atoms with Crippen molar-refractivity contribution in [2.45, 2.75) is 46.1 Å². The number of aromatic nitrogens is 1. The van der Waals surface area contributed by atoms with E-state index < -0.39 is 11.0 Å². The maximum absolute atomic E-state index is 12.9. The van der Waals surface area contributed by atoms with E-state index in [0.29, 0.717) is 18.9 Å². The second kappa shape index (κ2) is 6.25. The van der Waals surface area contributed by atoms with Gasteiger partial charge in [0.05, 0.1) is 0 Å². The molecule has 6 heteroatoms. The van der Waals surface area contributed by atoms with Crippen LogP contribution in [-0.2, 0) is 42.3 Å². The number of pyridine rings is 1. The Hall–Kier alpha value is -0.806. The van der Waals surface area contributed by atoms with Crippen molar-refractivity contribution in [1.29, 1.82) is 0 Å². The fraction of sp³-hybridized carbons (Fsp3) is 0.588. The number of anilines is 1. The van der Waals surface area contributed by atoms with E-state index in [1.54, 1.807) is 22.1 Å². The topological polar surface area (TPSA) is 53.5 Å². The number of hydrogen-bond acceptors (Lipinski definition) is 3. The minimum Gasteiger partial charge on any atom is -0.367 e. The summed E-state index contributed by atoms with van der Waals surface area (Å²) in [5.74, 6) is 0.687. The Balaban J connectivity index is 0.00000192. The first-order valence-electron chi connectivity index (χ1n) is 7.74. The maximum atomic E-state index is 12.9. The summed E-state index contributed by atoms with van der Waals surface area (Å²) in [7, 11) is 0. The van der Waals surface area contributed by atoms with Gasteiger partial charge < -0.3 is 14.8 Å². The summed E-state index contributed by atoms with van der Waals surface area (Å²) in [5, 5.41) is 0. The maximum Gasteiger partial charge on any atom is 0.243 e. The number of aryl methyl sites for hydroxylation is 1. The minimum absolute atomic E-state index is 0. The molecule has 1 spiro atoms. The Morgan fingerprint density at radius 1 is 1.30 bits per heavy atom. The van der Waals surface area contributed by atoms with E-state index in [-0.39, 0.29) is 44.5 Å². The summed E-state index contributed by atoms with van der Waals surface area (Å²) in [6.07, 6.45) is 3.22. The van der Waals surface area contributed by atoms with Gasteiger partial charge in [0.15, 0.2) is 0 Å². The molecule has 0 bridgehead atoms. The molecule has 2 amide bonds. The van der Waals surface area contributed by atoms with Crippen LogP contribution in [0.5, 0.6) is 0 Å². The molecule has 0 N–H and O–H groups in total. The molecular weight excluding hydrogens is 367 g/mol. The number of hydrogen-bond donors (Lipinski definition) is 0. The number of nitrogens with zero attached hydrogens (tertiary/aromatic N) is 3. The average molecular weight is 389 g/mol. The second-order valence-electron chi connectivity index (χ2n) is 7.28. The van der Waals surface area contributed by atoms with Crippen molar-refractivity contribution in [1.82, 2.24) is 9.88 Å². The van der Waals surface area contributed by atoms with Gasteiger partial charge in [0, 0.05) is 57.0 Å². The van der Waals surface area contributed by atoms with Crippen LogP contribution in [0.15, 0.2) is 12.3 Å². The number of carbonyl (C=O) groups excluding carboxylic acids is 2. The Bertz CT molecular complexity index is 618. The van der Waals surface area contributed by atoms with Gasteiger partial charge in [-0.25, -0.2) is 0 Å². The minimum atomic E-state index is -0.630. The molecule has 1 aliphatic carbocycles. The molecule has 23 heavy (non-hydrogen) atoms. The molecule has 0 aromatic carbocycles. The number of amides is 2. The number of carbonyl (C=O) groups is 2. The van der Waals surface area contributed by atoms with Crippen LogP contribution in [-0.4, -0.2) is 40.3 Å². The summed E-state index contributed by atoms with van der Waals surface area (Å²) in [6.45, 7) is 8.68. The van der Waals surface area contributed by atoms with E-state index in [9.17, 15) is 9.59 Å². The van der Waals surface area contributed by atoms with E-state index in [1.165, 1.54) is 0 Å². The first kappa shape index (κ1) is 18.5. The van der Waals surface area contributed by atoms with E-state index in [1.807, 2.05) is 27.7 Å². The molecule has 121 valence electrons. The van der Waals surface area contributed by atoms with Crippen LogP contribution in [0.2, 0.25) is 0 Å². The summed E-state index contributed by atoms with van der Waals surface area (Å²) < 4.78 is 0. The quantitative estimate of drug-likeness (QED) is 0.690. The van der Waals surface area contributed by atoms with Crippen LogP contribution < -0.4 is 4.90 Å². The van der Waals surface area contributed by atoms with Crippen LogP contribution in [0.25, 0.3) is 0 Å². The van der Waals surface area contributed by atoms with E-state index in [4.69, 9.17) is 0 Å². The SMILES string of the molecule is Cc1[c-]cc(N2CCN(C(=O)C(C)(C)C)C3(CC3)C2=O)nc1.[Y]. The van der Waals surface area contributed by atoms with Crippen molar-refractivity contribution >= 4 is 17.6 Å². The van der Waals surface area contributed by atoms with Crippen molar-refractivity contribution in [2.24, 2.45) is 5.41 Å².